The predicted molar refractivity (Wildman–Crippen MR) is 150 cm³/mol. The molecule has 0 aliphatic rings. The first-order chi connectivity index (χ1) is 19.8. The average Bonchev–Trinajstić information content (AvgIpc) is 3.60. The van der Waals surface area contributed by atoms with Crippen LogP contribution in [0.15, 0.2) is 24.1 Å². The van der Waals surface area contributed by atoms with Crippen LogP contribution in [0.25, 0.3) is 29.1 Å². The highest BCUT2D eigenvalue weighted by Gasteiger charge is 2.38. The number of alkyl halides is 3. The number of aromatic nitrogens is 7. The molecule has 14 nitrogen and oxygen atoms in total. The van der Waals surface area contributed by atoms with Gasteiger partial charge in [-0.3, -0.25) is 28.0 Å². The Labute approximate surface area is 246 Å². The van der Waals surface area contributed by atoms with Gasteiger partial charge in [-0.15, -0.1) is 0 Å². The van der Waals surface area contributed by atoms with Crippen molar-refractivity contribution in [3.05, 3.63) is 24.9 Å². The number of aliphatic imine (C=N–C) groups is 1. The number of rotatable bonds is 13. The van der Waals surface area contributed by atoms with Crippen LogP contribution in [0.3, 0.4) is 0 Å². The van der Waals surface area contributed by atoms with Crippen LogP contribution in [0.2, 0.25) is 0 Å². The first-order valence-electron chi connectivity index (χ1n) is 12.9. The summed E-state index contributed by atoms with van der Waals surface area (Å²) in [5, 5.41) is 5.48. The van der Waals surface area contributed by atoms with Crippen molar-refractivity contribution in [3.63, 3.8) is 0 Å². The van der Waals surface area contributed by atoms with E-state index in [0.29, 0.717) is 0 Å². The zero-order valence-electron chi connectivity index (χ0n) is 24.6. The number of hydrogen-bond donors (Lipinski definition) is 1. The molecule has 0 aliphatic heterocycles. The number of nitrogens with zero attached hydrogens (tertiary/aromatic N) is 7. The summed E-state index contributed by atoms with van der Waals surface area (Å²) in [6.45, 7) is 17.1. The van der Waals surface area contributed by atoms with E-state index in [1.807, 2.05) is 5.10 Å². The number of aromatic amines is 1. The second kappa shape index (κ2) is 12.9. The Bertz CT molecular complexity index is 1480. The van der Waals surface area contributed by atoms with Crippen LogP contribution in [0.5, 0.6) is 0 Å². The number of esters is 1. The molecule has 3 heterocycles. The van der Waals surface area contributed by atoms with Crippen LogP contribution in [0.4, 0.5) is 19.1 Å². The molecule has 0 radical (unpaired) electrons. The van der Waals surface area contributed by atoms with Gasteiger partial charge in [0.25, 0.3) is 0 Å². The van der Waals surface area contributed by atoms with Crippen molar-refractivity contribution < 1.29 is 40.8 Å². The fraction of sp³-hybridized carbons (Fsp3) is 0.520. The van der Waals surface area contributed by atoms with Gasteiger partial charge < -0.3 is 9.30 Å². The quantitative estimate of drug-likeness (QED) is 0.102. The van der Waals surface area contributed by atoms with Crippen molar-refractivity contribution in [2.75, 3.05) is 6.61 Å². The summed E-state index contributed by atoms with van der Waals surface area (Å²) < 4.78 is 76.9. The van der Waals surface area contributed by atoms with Crippen LogP contribution in [-0.2, 0) is 40.6 Å². The fourth-order valence-corrected chi connectivity index (χ4v) is 5.34. The summed E-state index contributed by atoms with van der Waals surface area (Å²) in [6.07, 6.45) is -0.476. The van der Waals surface area contributed by atoms with Gasteiger partial charge >= 0.3 is 20.0 Å². The Morgan fingerprint density at radius 3 is 2.33 bits per heavy atom. The molecule has 0 aromatic carbocycles. The van der Waals surface area contributed by atoms with E-state index in [0.717, 1.165) is 0 Å². The normalized spacial score (nSPS) is 12.9. The van der Waals surface area contributed by atoms with Gasteiger partial charge in [0.15, 0.2) is 6.73 Å². The zero-order chi connectivity index (χ0) is 32.2. The van der Waals surface area contributed by atoms with Crippen LogP contribution >= 0.6 is 7.82 Å². The Morgan fingerprint density at radius 1 is 1.14 bits per heavy atom. The van der Waals surface area contributed by atoms with Crippen LogP contribution in [0.1, 0.15) is 60.2 Å². The molecule has 3 aromatic rings. The van der Waals surface area contributed by atoms with E-state index in [-0.39, 0.29) is 55.0 Å². The second-order valence-corrected chi connectivity index (χ2v) is 12.6. The van der Waals surface area contributed by atoms with Gasteiger partial charge in [0.2, 0.25) is 17.6 Å². The first kappa shape index (κ1) is 33.8. The van der Waals surface area contributed by atoms with Crippen LogP contribution in [0, 0.1) is 0 Å². The molecule has 0 amide bonds. The third-order valence-electron chi connectivity index (χ3n) is 4.98. The van der Waals surface area contributed by atoms with Gasteiger partial charge in [-0.2, -0.15) is 18.3 Å². The third-order valence-corrected chi connectivity index (χ3v) is 7.02. The maximum absolute atomic E-state index is 13.1. The van der Waals surface area contributed by atoms with Crippen molar-refractivity contribution in [2.24, 2.45) is 4.99 Å². The van der Waals surface area contributed by atoms with Gasteiger partial charge in [-0.25, -0.2) is 24.5 Å². The summed E-state index contributed by atoms with van der Waals surface area (Å²) in [6, 6.07) is 0. The zero-order valence-corrected chi connectivity index (χ0v) is 25.5. The molecule has 1 N–H and O–H groups in total. The maximum Gasteiger partial charge on any atom is 0.475 e. The summed E-state index contributed by atoms with van der Waals surface area (Å²) in [7, 11) is -3.91. The summed E-state index contributed by atoms with van der Waals surface area (Å²) >= 11 is 0. The average molecular weight is 631 g/mol. The molecule has 0 bridgehead atoms. The Balaban J connectivity index is 1.65. The smallest absolute Gasteiger partial charge is 0.444 e. The monoisotopic (exact) mass is 630 g/mol. The number of carbonyl (C=O) groups excluding carboxylic acids is 1. The van der Waals surface area contributed by atoms with Gasteiger partial charge in [0.1, 0.15) is 17.1 Å². The Kier molecular flexibility index (Phi) is 10.2. The molecule has 0 atom stereocenters. The van der Waals surface area contributed by atoms with Crippen molar-refractivity contribution >= 4 is 32.7 Å². The number of hydrogen-bond acceptors (Lipinski definition) is 11. The van der Waals surface area contributed by atoms with E-state index in [9.17, 15) is 22.5 Å². The lowest BCUT2D eigenvalue weighted by Gasteiger charge is -2.30. The molecule has 18 heteroatoms. The molecule has 0 aliphatic carbocycles. The van der Waals surface area contributed by atoms with E-state index >= 15 is 0 Å². The first-order valence-corrected chi connectivity index (χ1v) is 14.4. The van der Waals surface area contributed by atoms with Crippen LogP contribution in [-0.4, -0.2) is 64.8 Å². The van der Waals surface area contributed by atoms with Gasteiger partial charge in [0.05, 0.1) is 24.1 Å². The molecule has 0 saturated carbocycles. The summed E-state index contributed by atoms with van der Waals surface area (Å²) in [5.41, 5.74) is -1.23. The second-order valence-electron chi connectivity index (χ2n) is 11.0. The number of nitrogens with one attached hydrogen (secondary N) is 1. The number of H-pyrrole nitrogens is 1. The molecular formula is C25H34F3N8O6P. The van der Waals surface area contributed by atoms with E-state index in [1.54, 1.807) is 41.5 Å². The Hall–Kier alpha value is -3.66. The standard InChI is InChI=1S/C25H34F3N8O6P/c1-9-36-19(18(31-22(36)29-8)20-32-21(34-33-20)25(26,27)28)16-13-35(14-30-16)15-39-17(37)11-10-12-40-43(38,41-23(2,3)4)42-24(5,6)7/h9,13-14H,1,8,10-12,15H2,2-7H3,(H,32,33,34). The number of ether oxygens (including phenoxy) is 1. The molecule has 43 heavy (non-hydrogen) atoms. The summed E-state index contributed by atoms with van der Waals surface area (Å²) in [5.74, 6) is -2.20. The number of phosphoric ester groups is 1. The topological polar surface area (TPSA) is 161 Å². The molecular weight excluding hydrogens is 596 g/mol. The number of halogens is 3. The minimum Gasteiger partial charge on any atom is -0.444 e. The lowest BCUT2D eigenvalue weighted by molar-refractivity contribution is -0.148. The fourth-order valence-electron chi connectivity index (χ4n) is 3.51. The Morgan fingerprint density at radius 2 is 1.79 bits per heavy atom. The van der Waals surface area contributed by atoms with E-state index in [2.05, 4.69) is 38.3 Å². The molecule has 0 spiro atoms. The van der Waals surface area contributed by atoms with E-state index < -0.39 is 37.0 Å². The van der Waals surface area contributed by atoms with Crippen molar-refractivity contribution in [1.29, 1.82) is 0 Å². The molecule has 0 unspecified atom stereocenters. The van der Waals surface area contributed by atoms with E-state index in [4.69, 9.17) is 18.3 Å². The highest BCUT2D eigenvalue weighted by atomic mass is 31.2. The SMILES string of the molecule is C=Cn1c(N=C)nc(-c2n[nH]c(C(F)(F)F)n2)c1-c1cn(COC(=O)CCCOP(=O)(OC(C)(C)C)OC(C)(C)C)cn1. The highest BCUT2D eigenvalue weighted by molar-refractivity contribution is 7.48. The van der Waals surface area contributed by atoms with Gasteiger partial charge in [0, 0.05) is 18.8 Å². The molecule has 0 fully saturated rings. The van der Waals surface area contributed by atoms with Crippen molar-refractivity contribution in [1.82, 2.24) is 34.3 Å². The predicted octanol–water partition coefficient (Wildman–Crippen LogP) is 6.02. The van der Waals surface area contributed by atoms with Crippen molar-refractivity contribution in [2.45, 2.75) is 78.5 Å². The minimum absolute atomic E-state index is 0.0203. The lowest BCUT2D eigenvalue weighted by Crippen LogP contribution is -2.25. The summed E-state index contributed by atoms with van der Waals surface area (Å²) in [4.78, 5) is 28.1. The molecule has 0 saturated heterocycles. The van der Waals surface area contributed by atoms with Gasteiger partial charge in [-0.1, -0.05) is 6.58 Å². The highest BCUT2D eigenvalue weighted by Crippen LogP contribution is 2.55. The number of imidazole rings is 2. The van der Waals surface area contributed by atoms with E-state index in [1.165, 1.54) is 27.9 Å². The molecule has 3 rings (SSSR count). The molecule has 3 aromatic heterocycles. The van der Waals surface area contributed by atoms with Gasteiger partial charge in [-0.05, 0) is 54.7 Å². The van der Waals surface area contributed by atoms with Crippen molar-refractivity contribution in [3.8, 4) is 22.9 Å². The van der Waals surface area contributed by atoms with Crippen LogP contribution < -0.4 is 0 Å². The largest absolute Gasteiger partial charge is 0.475 e. The third kappa shape index (κ3) is 9.41. The number of phosphoric acid groups is 1. The number of carbonyl (C=O) groups is 1. The maximum atomic E-state index is 13.1. The minimum atomic E-state index is -4.75. The lowest BCUT2D eigenvalue weighted by atomic mass is 10.2. The molecule has 236 valence electrons.